The SMILES string of the molecule is CC(=O)NCCc1cnc(S(C)(=O)=O)nc1. The van der Waals surface area contributed by atoms with Crippen LogP contribution >= 0.6 is 0 Å². The molecule has 1 aromatic heterocycles. The van der Waals surface area contributed by atoms with E-state index in [1.54, 1.807) is 0 Å². The lowest BCUT2D eigenvalue weighted by Gasteiger charge is -2.02. The van der Waals surface area contributed by atoms with Crippen LogP contribution in [-0.4, -0.2) is 37.1 Å². The summed E-state index contributed by atoms with van der Waals surface area (Å²) in [7, 11) is -3.35. The number of nitrogens with one attached hydrogen (secondary N) is 1. The van der Waals surface area contributed by atoms with Crippen LogP contribution in [0.1, 0.15) is 12.5 Å². The highest BCUT2D eigenvalue weighted by Gasteiger charge is 2.09. The molecule has 1 aromatic rings. The Kier molecular flexibility index (Phi) is 3.94. The summed E-state index contributed by atoms with van der Waals surface area (Å²) in [6, 6.07) is 0. The summed E-state index contributed by atoms with van der Waals surface area (Å²) >= 11 is 0. The van der Waals surface area contributed by atoms with Crippen LogP contribution in [0.3, 0.4) is 0 Å². The molecule has 0 saturated heterocycles. The minimum atomic E-state index is -3.35. The van der Waals surface area contributed by atoms with Gasteiger partial charge in [-0.15, -0.1) is 0 Å². The summed E-state index contributed by atoms with van der Waals surface area (Å²) in [5.41, 5.74) is 0.779. The molecule has 1 heterocycles. The second kappa shape index (κ2) is 5.02. The van der Waals surface area contributed by atoms with Gasteiger partial charge >= 0.3 is 0 Å². The van der Waals surface area contributed by atoms with Gasteiger partial charge in [0.1, 0.15) is 0 Å². The molecule has 16 heavy (non-hydrogen) atoms. The van der Waals surface area contributed by atoms with Crippen LogP contribution in [0.15, 0.2) is 17.6 Å². The second-order valence-corrected chi connectivity index (χ2v) is 5.29. The van der Waals surface area contributed by atoms with E-state index < -0.39 is 9.84 Å². The minimum absolute atomic E-state index is 0.103. The molecule has 0 fully saturated rings. The molecule has 0 saturated carbocycles. The van der Waals surface area contributed by atoms with E-state index in [1.807, 2.05) is 0 Å². The molecule has 0 unspecified atom stereocenters. The van der Waals surface area contributed by atoms with Crippen molar-refractivity contribution >= 4 is 15.7 Å². The van der Waals surface area contributed by atoms with Crippen molar-refractivity contribution in [1.29, 1.82) is 0 Å². The van der Waals surface area contributed by atoms with Gasteiger partial charge < -0.3 is 5.32 Å². The molecule has 0 aliphatic heterocycles. The van der Waals surface area contributed by atoms with Crippen LogP contribution in [0.4, 0.5) is 0 Å². The average Bonchev–Trinajstić information content (AvgIpc) is 2.16. The molecule has 0 aromatic carbocycles. The van der Waals surface area contributed by atoms with Crippen molar-refractivity contribution in [1.82, 2.24) is 15.3 Å². The highest BCUT2D eigenvalue weighted by Crippen LogP contribution is 2.02. The van der Waals surface area contributed by atoms with Crippen LogP contribution in [-0.2, 0) is 21.1 Å². The third-order valence-corrected chi connectivity index (χ3v) is 2.67. The standard InChI is InChI=1S/C9H13N3O3S/c1-7(13)10-4-3-8-5-11-9(12-6-8)16(2,14)15/h5-6H,3-4H2,1-2H3,(H,10,13). The lowest BCUT2D eigenvalue weighted by Crippen LogP contribution is -2.22. The predicted octanol–water partition coefficient (Wildman–Crippen LogP) is -0.441. The number of nitrogens with zero attached hydrogens (tertiary/aromatic N) is 2. The van der Waals surface area contributed by atoms with Crippen molar-refractivity contribution in [3.05, 3.63) is 18.0 Å². The van der Waals surface area contributed by atoms with Gasteiger partial charge in [0.2, 0.25) is 20.9 Å². The number of aromatic nitrogens is 2. The Morgan fingerprint density at radius 1 is 1.38 bits per heavy atom. The summed E-state index contributed by atoms with van der Waals surface area (Å²) in [6.45, 7) is 1.92. The molecule has 0 aliphatic rings. The van der Waals surface area contributed by atoms with Crippen LogP contribution in [0.25, 0.3) is 0 Å². The molecular formula is C9H13N3O3S. The molecule has 1 N–H and O–H groups in total. The largest absolute Gasteiger partial charge is 0.356 e. The van der Waals surface area contributed by atoms with Gasteiger partial charge in [-0.25, -0.2) is 18.4 Å². The number of carbonyl (C=O) groups excluding carboxylic acids is 1. The van der Waals surface area contributed by atoms with Crippen molar-refractivity contribution < 1.29 is 13.2 Å². The molecular weight excluding hydrogens is 230 g/mol. The lowest BCUT2D eigenvalue weighted by atomic mass is 10.2. The molecule has 1 amide bonds. The number of amides is 1. The number of sulfone groups is 1. The summed E-state index contributed by atoms with van der Waals surface area (Å²) in [4.78, 5) is 18.1. The summed E-state index contributed by atoms with van der Waals surface area (Å²) in [5.74, 6) is -0.103. The highest BCUT2D eigenvalue weighted by molar-refractivity contribution is 7.90. The number of hydrogen-bond acceptors (Lipinski definition) is 5. The first kappa shape index (κ1) is 12.6. The Morgan fingerprint density at radius 3 is 2.38 bits per heavy atom. The van der Waals surface area contributed by atoms with Crippen molar-refractivity contribution in [2.45, 2.75) is 18.5 Å². The zero-order valence-electron chi connectivity index (χ0n) is 9.10. The quantitative estimate of drug-likeness (QED) is 0.724. The molecule has 1 rings (SSSR count). The third-order valence-electron chi connectivity index (χ3n) is 1.80. The average molecular weight is 243 g/mol. The Bertz CT molecular complexity index is 467. The first-order valence-corrected chi connectivity index (χ1v) is 6.54. The van der Waals surface area contributed by atoms with E-state index in [9.17, 15) is 13.2 Å². The molecule has 7 heteroatoms. The fourth-order valence-electron chi connectivity index (χ4n) is 1.05. The molecule has 0 radical (unpaired) electrons. The van der Waals surface area contributed by atoms with Crippen molar-refractivity contribution in [2.75, 3.05) is 12.8 Å². The van der Waals surface area contributed by atoms with Gasteiger partial charge in [0.05, 0.1) is 0 Å². The predicted molar refractivity (Wildman–Crippen MR) is 57.5 cm³/mol. The van der Waals surface area contributed by atoms with Crippen LogP contribution in [0.2, 0.25) is 0 Å². The molecule has 6 nitrogen and oxygen atoms in total. The molecule has 0 atom stereocenters. The monoisotopic (exact) mass is 243 g/mol. The number of rotatable bonds is 4. The van der Waals surface area contributed by atoms with Gasteiger partial charge in [0.15, 0.2) is 0 Å². The second-order valence-electron chi connectivity index (χ2n) is 3.38. The number of hydrogen-bond donors (Lipinski definition) is 1. The van der Waals surface area contributed by atoms with Crippen molar-refractivity contribution in [2.24, 2.45) is 0 Å². The maximum absolute atomic E-state index is 11.1. The van der Waals surface area contributed by atoms with Gasteiger partial charge in [-0.3, -0.25) is 4.79 Å². The van der Waals surface area contributed by atoms with E-state index in [4.69, 9.17) is 0 Å². The zero-order chi connectivity index (χ0) is 12.2. The topological polar surface area (TPSA) is 89.0 Å². The van der Waals surface area contributed by atoms with Gasteiger partial charge in [0, 0.05) is 32.1 Å². The van der Waals surface area contributed by atoms with E-state index >= 15 is 0 Å². The van der Waals surface area contributed by atoms with E-state index in [0.29, 0.717) is 13.0 Å². The highest BCUT2D eigenvalue weighted by atomic mass is 32.2. The normalized spacial score (nSPS) is 11.1. The Balaban J connectivity index is 2.62. The molecule has 0 bridgehead atoms. The van der Waals surface area contributed by atoms with Gasteiger partial charge in [0.25, 0.3) is 0 Å². The Hall–Kier alpha value is -1.50. The molecule has 88 valence electrons. The maximum atomic E-state index is 11.1. The van der Waals surface area contributed by atoms with E-state index in [-0.39, 0.29) is 11.1 Å². The maximum Gasteiger partial charge on any atom is 0.246 e. The van der Waals surface area contributed by atoms with Gasteiger partial charge in [-0.1, -0.05) is 0 Å². The van der Waals surface area contributed by atoms with Gasteiger partial charge in [-0.05, 0) is 12.0 Å². The van der Waals surface area contributed by atoms with Crippen LogP contribution in [0.5, 0.6) is 0 Å². The fraction of sp³-hybridized carbons (Fsp3) is 0.444. The summed E-state index contributed by atoms with van der Waals surface area (Å²) < 4.78 is 22.1. The van der Waals surface area contributed by atoms with Crippen LogP contribution in [0, 0.1) is 0 Å². The van der Waals surface area contributed by atoms with Crippen molar-refractivity contribution in [3.63, 3.8) is 0 Å². The minimum Gasteiger partial charge on any atom is -0.356 e. The third kappa shape index (κ3) is 3.93. The smallest absolute Gasteiger partial charge is 0.246 e. The van der Waals surface area contributed by atoms with Gasteiger partial charge in [-0.2, -0.15) is 0 Å². The van der Waals surface area contributed by atoms with E-state index in [0.717, 1.165) is 11.8 Å². The Labute approximate surface area is 94.0 Å². The first-order valence-electron chi connectivity index (χ1n) is 4.65. The Morgan fingerprint density at radius 2 is 1.94 bits per heavy atom. The summed E-state index contributed by atoms with van der Waals surface area (Å²) in [6.07, 6.45) is 4.53. The first-order chi connectivity index (χ1) is 7.39. The zero-order valence-corrected chi connectivity index (χ0v) is 9.91. The molecule has 0 spiro atoms. The lowest BCUT2D eigenvalue weighted by molar-refractivity contribution is -0.118. The number of carbonyl (C=O) groups is 1. The van der Waals surface area contributed by atoms with E-state index in [2.05, 4.69) is 15.3 Å². The fourth-order valence-corrected chi connectivity index (χ4v) is 1.53. The van der Waals surface area contributed by atoms with E-state index in [1.165, 1.54) is 19.3 Å². The van der Waals surface area contributed by atoms with Crippen molar-refractivity contribution in [3.8, 4) is 0 Å². The molecule has 0 aliphatic carbocycles. The van der Waals surface area contributed by atoms with Crippen LogP contribution < -0.4 is 5.32 Å². The summed E-state index contributed by atoms with van der Waals surface area (Å²) in [5, 5.41) is 2.44.